The Kier molecular flexibility index (Phi) is 3.69. The minimum Gasteiger partial charge on any atom is -0.481 e. The van der Waals surface area contributed by atoms with E-state index in [0.717, 1.165) is 0 Å². The first-order valence-corrected chi connectivity index (χ1v) is 5.94. The highest BCUT2D eigenvalue weighted by Gasteiger charge is 2.56. The van der Waals surface area contributed by atoms with E-state index in [1.165, 1.54) is 0 Å². The summed E-state index contributed by atoms with van der Waals surface area (Å²) in [5.74, 6) is -0.833. The lowest BCUT2D eigenvalue weighted by atomic mass is 9.94. The van der Waals surface area contributed by atoms with Gasteiger partial charge in [-0.25, -0.2) is 4.79 Å². The van der Waals surface area contributed by atoms with Crippen molar-refractivity contribution in [1.82, 2.24) is 5.32 Å². The van der Waals surface area contributed by atoms with Crippen molar-refractivity contribution in [3.05, 3.63) is 0 Å². The van der Waals surface area contributed by atoms with Crippen LogP contribution in [0.25, 0.3) is 0 Å². The first kappa shape index (κ1) is 13.8. The fourth-order valence-corrected chi connectivity index (χ4v) is 1.93. The third-order valence-corrected chi connectivity index (χ3v) is 2.98. The van der Waals surface area contributed by atoms with Crippen LogP contribution in [0.5, 0.6) is 0 Å². The molecule has 0 radical (unpaired) electrons. The summed E-state index contributed by atoms with van der Waals surface area (Å²) in [5.41, 5.74) is -1.34. The molecular weight excluding hydrogens is 222 g/mol. The summed E-state index contributed by atoms with van der Waals surface area (Å²) in [5, 5.41) is 11.8. The van der Waals surface area contributed by atoms with Gasteiger partial charge < -0.3 is 15.2 Å². The molecule has 0 heterocycles. The maximum atomic E-state index is 11.6. The highest BCUT2D eigenvalue weighted by molar-refractivity contribution is 5.80. The molecule has 0 saturated heterocycles. The first-order chi connectivity index (χ1) is 7.71. The van der Waals surface area contributed by atoms with E-state index in [-0.39, 0.29) is 6.04 Å². The predicted molar refractivity (Wildman–Crippen MR) is 62.8 cm³/mol. The van der Waals surface area contributed by atoms with Crippen LogP contribution in [-0.2, 0) is 9.53 Å². The van der Waals surface area contributed by atoms with Crippen LogP contribution in [0, 0.1) is 5.41 Å². The fraction of sp³-hybridized carbons (Fsp3) is 0.833. The zero-order chi connectivity index (χ0) is 13.3. The van der Waals surface area contributed by atoms with Gasteiger partial charge in [0.25, 0.3) is 0 Å². The number of ether oxygens (including phenoxy) is 1. The lowest BCUT2D eigenvalue weighted by Gasteiger charge is -2.26. The first-order valence-electron chi connectivity index (χ1n) is 5.94. The second kappa shape index (κ2) is 4.55. The van der Waals surface area contributed by atoms with Gasteiger partial charge in [-0.15, -0.1) is 0 Å². The number of carbonyl (C=O) groups is 2. The normalized spacial score (nSPS) is 19.3. The SMILES string of the molecule is CC[C@@H](NC(=O)OC(C)(C)C)C1(C(=O)O)CC1. The van der Waals surface area contributed by atoms with Gasteiger partial charge in [0, 0.05) is 6.04 Å². The standard InChI is InChI=1S/C12H21NO4/c1-5-8(12(6-7-12)9(14)15)13-10(16)17-11(2,3)4/h8H,5-7H2,1-4H3,(H,13,16)(H,14,15)/t8-/m1/s1. The lowest BCUT2D eigenvalue weighted by molar-refractivity contribution is -0.144. The van der Waals surface area contributed by atoms with E-state index < -0.39 is 23.1 Å². The predicted octanol–water partition coefficient (Wildman–Crippen LogP) is 2.15. The summed E-state index contributed by atoms with van der Waals surface area (Å²) in [6.07, 6.45) is 1.29. The Hall–Kier alpha value is -1.26. The van der Waals surface area contributed by atoms with Gasteiger partial charge in [0.05, 0.1) is 5.41 Å². The van der Waals surface area contributed by atoms with E-state index in [1.54, 1.807) is 20.8 Å². The molecule has 0 spiro atoms. The molecule has 0 aromatic carbocycles. The number of aliphatic carboxylic acids is 1. The molecule has 5 heteroatoms. The highest BCUT2D eigenvalue weighted by atomic mass is 16.6. The fourth-order valence-electron chi connectivity index (χ4n) is 1.93. The van der Waals surface area contributed by atoms with Crippen LogP contribution >= 0.6 is 0 Å². The van der Waals surface area contributed by atoms with E-state index in [1.807, 2.05) is 6.92 Å². The molecule has 0 aromatic heterocycles. The van der Waals surface area contributed by atoms with Gasteiger partial charge in [-0.05, 0) is 40.0 Å². The van der Waals surface area contributed by atoms with Gasteiger partial charge in [-0.2, -0.15) is 0 Å². The molecule has 17 heavy (non-hydrogen) atoms. The number of hydrogen-bond acceptors (Lipinski definition) is 3. The number of nitrogens with one attached hydrogen (secondary N) is 1. The molecule has 0 aliphatic heterocycles. The van der Waals surface area contributed by atoms with E-state index >= 15 is 0 Å². The van der Waals surface area contributed by atoms with Gasteiger partial charge in [0.15, 0.2) is 0 Å². The number of amides is 1. The molecule has 0 bridgehead atoms. The summed E-state index contributed by atoms with van der Waals surface area (Å²) >= 11 is 0. The van der Waals surface area contributed by atoms with Gasteiger partial charge in [0.2, 0.25) is 0 Å². The van der Waals surface area contributed by atoms with Gasteiger partial charge in [-0.3, -0.25) is 4.79 Å². The van der Waals surface area contributed by atoms with Crippen LogP contribution in [0.15, 0.2) is 0 Å². The Morgan fingerprint density at radius 1 is 1.41 bits per heavy atom. The number of carboxylic acids is 1. The number of rotatable bonds is 4. The third kappa shape index (κ3) is 3.35. The largest absolute Gasteiger partial charge is 0.481 e. The topological polar surface area (TPSA) is 75.6 Å². The van der Waals surface area contributed by atoms with Crippen LogP contribution in [0.3, 0.4) is 0 Å². The Bertz CT molecular complexity index is 315. The Morgan fingerprint density at radius 2 is 1.94 bits per heavy atom. The van der Waals surface area contributed by atoms with Crippen molar-refractivity contribution in [3.8, 4) is 0 Å². The van der Waals surface area contributed by atoms with E-state index in [0.29, 0.717) is 19.3 Å². The number of alkyl carbamates (subject to hydrolysis) is 1. The molecule has 98 valence electrons. The maximum absolute atomic E-state index is 11.6. The smallest absolute Gasteiger partial charge is 0.407 e. The number of hydrogen-bond donors (Lipinski definition) is 2. The highest BCUT2D eigenvalue weighted by Crippen LogP contribution is 2.49. The molecule has 5 nitrogen and oxygen atoms in total. The van der Waals surface area contributed by atoms with E-state index in [4.69, 9.17) is 9.84 Å². The molecule has 1 atom stereocenters. The molecular formula is C12H21NO4. The molecule has 2 N–H and O–H groups in total. The second-order valence-electron chi connectivity index (χ2n) is 5.57. The van der Waals surface area contributed by atoms with Crippen molar-refractivity contribution in [1.29, 1.82) is 0 Å². The summed E-state index contributed by atoms with van der Waals surface area (Å²) in [4.78, 5) is 22.8. The van der Waals surface area contributed by atoms with Crippen molar-refractivity contribution < 1.29 is 19.4 Å². The van der Waals surface area contributed by atoms with Crippen molar-refractivity contribution in [2.45, 2.75) is 58.6 Å². The second-order valence-corrected chi connectivity index (χ2v) is 5.57. The van der Waals surface area contributed by atoms with Crippen molar-refractivity contribution >= 4 is 12.1 Å². The van der Waals surface area contributed by atoms with Crippen LogP contribution in [0.1, 0.15) is 47.0 Å². The van der Waals surface area contributed by atoms with Crippen LogP contribution in [0.2, 0.25) is 0 Å². The molecule has 1 amide bonds. The Labute approximate surface area is 102 Å². The number of carbonyl (C=O) groups excluding carboxylic acids is 1. The monoisotopic (exact) mass is 243 g/mol. The average Bonchev–Trinajstić information content (AvgIpc) is 2.91. The summed E-state index contributed by atoms with van der Waals surface area (Å²) < 4.78 is 5.13. The zero-order valence-corrected chi connectivity index (χ0v) is 10.9. The van der Waals surface area contributed by atoms with E-state index in [2.05, 4.69) is 5.32 Å². The zero-order valence-electron chi connectivity index (χ0n) is 10.9. The molecule has 1 rings (SSSR count). The van der Waals surface area contributed by atoms with Gasteiger partial charge in [0.1, 0.15) is 5.60 Å². The number of carboxylic acid groups (broad SMARTS) is 1. The molecule has 0 unspecified atom stereocenters. The van der Waals surface area contributed by atoms with Crippen molar-refractivity contribution in [2.24, 2.45) is 5.41 Å². The molecule has 1 saturated carbocycles. The molecule has 1 fully saturated rings. The van der Waals surface area contributed by atoms with Gasteiger partial charge in [-0.1, -0.05) is 6.92 Å². The van der Waals surface area contributed by atoms with Crippen molar-refractivity contribution in [2.75, 3.05) is 0 Å². The Morgan fingerprint density at radius 3 is 2.24 bits per heavy atom. The van der Waals surface area contributed by atoms with Crippen molar-refractivity contribution in [3.63, 3.8) is 0 Å². The molecule has 1 aliphatic carbocycles. The minimum absolute atomic E-state index is 0.352. The van der Waals surface area contributed by atoms with Crippen LogP contribution in [-0.4, -0.2) is 28.8 Å². The van der Waals surface area contributed by atoms with Crippen LogP contribution < -0.4 is 5.32 Å². The summed E-state index contributed by atoms with van der Waals surface area (Å²) in [6.45, 7) is 7.19. The van der Waals surface area contributed by atoms with E-state index in [9.17, 15) is 9.59 Å². The maximum Gasteiger partial charge on any atom is 0.407 e. The van der Waals surface area contributed by atoms with Gasteiger partial charge >= 0.3 is 12.1 Å². The minimum atomic E-state index is -0.833. The third-order valence-electron chi connectivity index (χ3n) is 2.98. The molecule has 0 aromatic rings. The Balaban J connectivity index is 2.60. The lowest BCUT2D eigenvalue weighted by Crippen LogP contribution is -2.46. The van der Waals surface area contributed by atoms with Crippen LogP contribution in [0.4, 0.5) is 4.79 Å². The summed E-state index contributed by atoms with van der Waals surface area (Å²) in [6, 6.07) is -0.352. The quantitative estimate of drug-likeness (QED) is 0.793. The summed E-state index contributed by atoms with van der Waals surface area (Å²) in [7, 11) is 0. The molecule has 1 aliphatic rings. The average molecular weight is 243 g/mol.